The molecule has 0 bridgehead atoms. The molecule has 1 aromatic heterocycles. The van der Waals surface area contributed by atoms with Gasteiger partial charge in [-0.05, 0) is 11.4 Å². The van der Waals surface area contributed by atoms with Crippen molar-refractivity contribution in [3.63, 3.8) is 0 Å². The largest absolute Gasteiger partial charge is 0.496 e. The van der Waals surface area contributed by atoms with Crippen LogP contribution in [-0.2, 0) is 13.1 Å². The maximum atomic E-state index is 5.46. The van der Waals surface area contributed by atoms with E-state index in [1.54, 1.807) is 39.7 Å². The molecular formula is C17H24IN3O3S. The summed E-state index contributed by atoms with van der Waals surface area (Å²) in [6, 6.07) is 7.79. The van der Waals surface area contributed by atoms with Crippen LogP contribution in [0.1, 0.15) is 10.4 Å². The summed E-state index contributed by atoms with van der Waals surface area (Å²) >= 11 is 1.71. The zero-order chi connectivity index (χ0) is 17.4. The van der Waals surface area contributed by atoms with Crippen LogP contribution in [0.25, 0.3) is 0 Å². The third-order valence-electron chi connectivity index (χ3n) is 3.48. The summed E-state index contributed by atoms with van der Waals surface area (Å²) in [6.45, 7) is 1.24. The van der Waals surface area contributed by atoms with Crippen molar-refractivity contribution in [2.24, 2.45) is 4.99 Å². The molecular weight excluding hydrogens is 453 g/mol. The van der Waals surface area contributed by atoms with Crippen LogP contribution >= 0.6 is 35.3 Å². The number of nitrogens with zero attached hydrogens (tertiary/aromatic N) is 1. The summed E-state index contributed by atoms with van der Waals surface area (Å²) < 4.78 is 16.2. The number of hydrogen-bond donors (Lipinski definition) is 2. The Morgan fingerprint density at radius 2 is 1.68 bits per heavy atom. The van der Waals surface area contributed by atoms with E-state index in [1.165, 1.54) is 4.88 Å². The van der Waals surface area contributed by atoms with E-state index < -0.39 is 0 Å². The highest BCUT2D eigenvalue weighted by molar-refractivity contribution is 14.0. The van der Waals surface area contributed by atoms with Crippen molar-refractivity contribution >= 4 is 41.3 Å². The average molecular weight is 477 g/mol. The highest BCUT2D eigenvalue weighted by Gasteiger charge is 2.13. The minimum atomic E-state index is 0. The van der Waals surface area contributed by atoms with E-state index in [4.69, 9.17) is 14.2 Å². The quantitative estimate of drug-likeness (QED) is 0.364. The van der Waals surface area contributed by atoms with E-state index in [1.807, 2.05) is 18.2 Å². The predicted octanol–water partition coefficient (Wildman–Crippen LogP) is 3.26. The maximum absolute atomic E-state index is 5.46. The molecule has 0 saturated heterocycles. The molecule has 25 heavy (non-hydrogen) atoms. The number of thiophene rings is 1. The lowest BCUT2D eigenvalue weighted by atomic mass is 10.1. The number of benzene rings is 1. The van der Waals surface area contributed by atoms with Gasteiger partial charge in [0.25, 0.3) is 0 Å². The van der Waals surface area contributed by atoms with Crippen molar-refractivity contribution in [1.29, 1.82) is 0 Å². The Morgan fingerprint density at radius 3 is 2.16 bits per heavy atom. The van der Waals surface area contributed by atoms with Gasteiger partial charge in [-0.2, -0.15) is 0 Å². The lowest BCUT2D eigenvalue weighted by Gasteiger charge is -2.17. The summed E-state index contributed by atoms with van der Waals surface area (Å²) in [5.74, 6) is 2.80. The van der Waals surface area contributed by atoms with Crippen LogP contribution < -0.4 is 24.8 Å². The zero-order valence-electron chi connectivity index (χ0n) is 14.8. The molecule has 0 saturated carbocycles. The van der Waals surface area contributed by atoms with Gasteiger partial charge in [0.2, 0.25) is 0 Å². The van der Waals surface area contributed by atoms with Crippen LogP contribution in [0, 0.1) is 0 Å². The molecule has 0 fully saturated rings. The van der Waals surface area contributed by atoms with Gasteiger partial charge in [0.1, 0.15) is 17.2 Å². The number of rotatable bonds is 7. The van der Waals surface area contributed by atoms with Crippen molar-refractivity contribution in [1.82, 2.24) is 10.6 Å². The zero-order valence-corrected chi connectivity index (χ0v) is 17.9. The fourth-order valence-corrected chi connectivity index (χ4v) is 2.87. The van der Waals surface area contributed by atoms with Gasteiger partial charge in [-0.15, -0.1) is 35.3 Å². The van der Waals surface area contributed by atoms with E-state index >= 15 is 0 Å². The standard InChI is InChI=1S/C17H23N3O3S.HI/c1-18-17(19-10-13-6-5-7-24-13)20-11-14-15(22-3)8-12(21-2)9-16(14)23-4;/h5-9H,10-11H2,1-4H3,(H2,18,19,20);1H. The first kappa shape index (κ1) is 21.4. The van der Waals surface area contributed by atoms with Gasteiger partial charge in [-0.25, -0.2) is 0 Å². The third kappa shape index (κ3) is 5.96. The molecule has 0 atom stereocenters. The SMILES string of the molecule is CN=C(NCc1cccs1)NCc1c(OC)cc(OC)cc1OC.I. The Balaban J connectivity index is 0.00000312. The fourth-order valence-electron chi connectivity index (χ4n) is 2.23. The third-order valence-corrected chi connectivity index (χ3v) is 4.36. The lowest BCUT2D eigenvalue weighted by molar-refractivity contribution is 0.368. The van der Waals surface area contributed by atoms with Gasteiger partial charge in [0.05, 0.1) is 40.0 Å². The molecule has 0 aliphatic rings. The Labute approximate surface area is 169 Å². The predicted molar refractivity (Wildman–Crippen MR) is 113 cm³/mol. The number of nitrogens with one attached hydrogen (secondary N) is 2. The fraction of sp³-hybridized carbons (Fsp3) is 0.353. The van der Waals surface area contributed by atoms with Crippen LogP contribution in [0.4, 0.5) is 0 Å². The lowest BCUT2D eigenvalue weighted by Crippen LogP contribution is -2.36. The summed E-state index contributed by atoms with van der Waals surface area (Å²) in [6.07, 6.45) is 0. The number of methoxy groups -OCH3 is 3. The molecule has 8 heteroatoms. The summed E-state index contributed by atoms with van der Waals surface area (Å²) in [5.41, 5.74) is 0.903. The van der Waals surface area contributed by atoms with E-state index in [0.717, 1.165) is 12.1 Å². The molecule has 1 heterocycles. The minimum absolute atomic E-state index is 0. The summed E-state index contributed by atoms with van der Waals surface area (Å²) in [7, 11) is 6.61. The molecule has 2 aromatic rings. The van der Waals surface area contributed by atoms with Gasteiger partial charge >= 0.3 is 0 Å². The molecule has 2 rings (SSSR count). The first-order chi connectivity index (χ1) is 11.7. The highest BCUT2D eigenvalue weighted by atomic mass is 127. The molecule has 2 N–H and O–H groups in total. The van der Waals surface area contributed by atoms with Crippen molar-refractivity contribution in [2.45, 2.75) is 13.1 Å². The second-order valence-electron chi connectivity index (χ2n) is 4.87. The molecule has 0 aliphatic heterocycles. The Bertz CT molecular complexity index is 653. The van der Waals surface area contributed by atoms with E-state index in [9.17, 15) is 0 Å². The summed E-state index contributed by atoms with van der Waals surface area (Å²) in [5, 5.41) is 8.62. The van der Waals surface area contributed by atoms with E-state index in [0.29, 0.717) is 29.8 Å². The molecule has 0 unspecified atom stereocenters. The highest BCUT2D eigenvalue weighted by Crippen LogP contribution is 2.33. The molecule has 138 valence electrons. The van der Waals surface area contributed by atoms with Gasteiger partial charge in [0, 0.05) is 24.1 Å². The average Bonchev–Trinajstić information content (AvgIpc) is 3.14. The van der Waals surface area contributed by atoms with Crippen molar-refractivity contribution in [3.8, 4) is 17.2 Å². The normalized spacial score (nSPS) is 10.6. The van der Waals surface area contributed by atoms with Gasteiger partial charge in [-0.1, -0.05) is 6.07 Å². The minimum Gasteiger partial charge on any atom is -0.496 e. The van der Waals surface area contributed by atoms with Crippen LogP contribution in [0.5, 0.6) is 17.2 Å². The topological polar surface area (TPSA) is 64.1 Å². The van der Waals surface area contributed by atoms with Gasteiger partial charge in [-0.3, -0.25) is 4.99 Å². The number of hydrogen-bond acceptors (Lipinski definition) is 5. The monoisotopic (exact) mass is 477 g/mol. The molecule has 0 radical (unpaired) electrons. The maximum Gasteiger partial charge on any atom is 0.191 e. The second kappa shape index (κ2) is 11.0. The Hall–Kier alpha value is -1.68. The summed E-state index contributed by atoms with van der Waals surface area (Å²) in [4.78, 5) is 5.49. The van der Waals surface area contributed by atoms with Gasteiger partial charge in [0.15, 0.2) is 5.96 Å². The second-order valence-corrected chi connectivity index (χ2v) is 5.90. The van der Waals surface area contributed by atoms with E-state index in [-0.39, 0.29) is 24.0 Å². The smallest absolute Gasteiger partial charge is 0.191 e. The number of guanidine groups is 1. The molecule has 6 nitrogen and oxygen atoms in total. The van der Waals surface area contributed by atoms with Crippen molar-refractivity contribution < 1.29 is 14.2 Å². The van der Waals surface area contributed by atoms with Crippen LogP contribution in [-0.4, -0.2) is 34.3 Å². The Morgan fingerprint density at radius 1 is 1.04 bits per heavy atom. The van der Waals surface area contributed by atoms with E-state index in [2.05, 4.69) is 27.1 Å². The van der Waals surface area contributed by atoms with Crippen molar-refractivity contribution in [2.75, 3.05) is 28.4 Å². The number of halogens is 1. The first-order valence-corrected chi connectivity index (χ1v) is 8.35. The van der Waals surface area contributed by atoms with Crippen LogP contribution in [0.2, 0.25) is 0 Å². The number of ether oxygens (including phenoxy) is 3. The number of aliphatic imine (C=N–C) groups is 1. The molecule has 0 spiro atoms. The first-order valence-electron chi connectivity index (χ1n) is 7.47. The molecule has 0 amide bonds. The van der Waals surface area contributed by atoms with Crippen molar-refractivity contribution in [3.05, 3.63) is 40.1 Å². The van der Waals surface area contributed by atoms with Crippen LogP contribution in [0.3, 0.4) is 0 Å². The molecule has 1 aromatic carbocycles. The van der Waals surface area contributed by atoms with Gasteiger partial charge < -0.3 is 24.8 Å². The molecule has 0 aliphatic carbocycles. The Kier molecular flexibility index (Phi) is 9.43. The van der Waals surface area contributed by atoms with Crippen LogP contribution in [0.15, 0.2) is 34.6 Å².